The number of carbonyl (C=O) groups excluding carboxylic acids is 1. The van der Waals surface area contributed by atoms with Gasteiger partial charge in [0.1, 0.15) is 12.6 Å². The molecule has 0 aliphatic heterocycles. The number of rotatable bonds is 6. The third kappa shape index (κ3) is 4.24. The quantitative estimate of drug-likeness (QED) is 0.767. The smallest absolute Gasteiger partial charge is 0.324 e. The molecule has 0 heterocycles. The van der Waals surface area contributed by atoms with Crippen LogP contribution in [0.25, 0.3) is 0 Å². The molecular formula is C12H17NO2S. The van der Waals surface area contributed by atoms with Crippen molar-refractivity contribution in [2.75, 3.05) is 19.1 Å². The Bertz CT molecular complexity index is 316. The average Bonchev–Trinajstić information content (AvgIpc) is 2.34. The van der Waals surface area contributed by atoms with E-state index in [0.29, 0.717) is 6.61 Å². The van der Waals surface area contributed by atoms with Crippen LogP contribution in [0.4, 0.5) is 0 Å². The van der Waals surface area contributed by atoms with E-state index in [1.54, 1.807) is 18.8 Å². The molecule has 4 heteroatoms. The first-order chi connectivity index (χ1) is 7.77. The van der Waals surface area contributed by atoms with Crippen molar-refractivity contribution in [3.63, 3.8) is 0 Å². The minimum absolute atomic E-state index is 0.194. The minimum Gasteiger partial charge on any atom is -0.460 e. The largest absolute Gasteiger partial charge is 0.460 e. The maximum absolute atomic E-state index is 11.6. The maximum atomic E-state index is 11.6. The van der Waals surface area contributed by atoms with E-state index in [1.807, 2.05) is 36.6 Å². The summed E-state index contributed by atoms with van der Waals surface area (Å²) in [7, 11) is 1.77. The Hall–Kier alpha value is -1.00. The molecule has 0 saturated carbocycles. The molecule has 0 aromatic heterocycles. The summed E-state index contributed by atoms with van der Waals surface area (Å²) >= 11 is 1.62. The molecule has 0 unspecified atom stereocenters. The Morgan fingerprint density at radius 1 is 1.44 bits per heavy atom. The number of ether oxygens (including phenoxy) is 1. The maximum Gasteiger partial charge on any atom is 0.324 e. The van der Waals surface area contributed by atoms with Crippen molar-refractivity contribution in [3.05, 3.63) is 35.9 Å². The summed E-state index contributed by atoms with van der Waals surface area (Å²) in [5.74, 6) is 0.533. The van der Waals surface area contributed by atoms with Crippen molar-refractivity contribution >= 4 is 17.7 Å². The predicted molar refractivity (Wildman–Crippen MR) is 67.5 cm³/mol. The summed E-state index contributed by atoms with van der Waals surface area (Å²) < 4.78 is 5.22. The molecule has 1 rings (SSSR count). The zero-order valence-corrected chi connectivity index (χ0v) is 10.4. The van der Waals surface area contributed by atoms with Gasteiger partial charge in [0, 0.05) is 5.75 Å². The fourth-order valence-corrected chi connectivity index (χ4v) is 1.90. The summed E-state index contributed by atoms with van der Waals surface area (Å²) in [6.45, 7) is 0.340. The van der Waals surface area contributed by atoms with Gasteiger partial charge in [0.05, 0.1) is 0 Å². The molecule has 1 N–H and O–H groups in total. The lowest BCUT2D eigenvalue weighted by atomic mass is 10.2. The fraction of sp³-hybridized carbons (Fsp3) is 0.417. The molecule has 1 aromatic carbocycles. The van der Waals surface area contributed by atoms with E-state index in [9.17, 15) is 4.79 Å². The second-order valence-corrected chi connectivity index (χ2v) is 4.30. The number of hydrogen-bond acceptors (Lipinski definition) is 4. The lowest BCUT2D eigenvalue weighted by Gasteiger charge is -2.13. The van der Waals surface area contributed by atoms with Crippen molar-refractivity contribution in [1.29, 1.82) is 0 Å². The number of esters is 1. The third-order valence-electron chi connectivity index (χ3n) is 2.19. The van der Waals surface area contributed by atoms with Crippen LogP contribution in [-0.4, -0.2) is 31.1 Å². The third-order valence-corrected chi connectivity index (χ3v) is 2.86. The highest BCUT2D eigenvalue weighted by molar-refractivity contribution is 7.98. The molecule has 0 saturated heterocycles. The van der Waals surface area contributed by atoms with Crippen molar-refractivity contribution in [2.24, 2.45) is 0 Å². The molecule has 0 radical (unpaired) electrons. The van der Waals surface area contributed by atoms with E-state index in [-0.39, 0.29) is 12.0 Å². The molecule has 1 aromatic rings. The summed E-state index contributed by atoms with van der Waals surface area (Å²) in [4.78, 5) is 11.6. The SMILES string of the molecule is CN[C@@H](CSC)C(=O)OCc1ccccc1. The molecule has 0 spiro atoms. The van der Waals surface area contributed by atoms with Gasteiger partial charge >= 0.3 is 5.97 Å². The van der Waals surface area contributed by atoms with Crippen LogP contribution in [-0.2, 0) is 16.1 Å². The fourth-order valence-electron chi connectivity index (χ4n) is 1.27. The molecule has 0 aliphatic rings. The predicted octanol–water partition coefficient (Wildman–Crippen LogP) is 1.68. The van der Waals surface area contributed by atoms with Crippen LogP contribution >= 0.6 is 11.8 Å². The van der Waals surface area contributed by atoms with Gasteiger partial charge in [0.15, 0.2) is 0 Å². The molecule has 0 amide bonds. The van der Waals surface area contributed by atoms with Gasteiger partial charge in [-0.15, -0.1) is 0 Å². The Kier molecular flexibility index (Phi) is 5.96. The van der Waals surface area contributed by atoms with Gasteiger partial charge in [-0.3, -0.25) is 4.79 Å². The number of thioether (sulfide) groups is 1. The Morgan fingerprint density at radius 3 is 2.69 bits per heavy atom. The molecule has 1 atom stereocenters. The van der Waals surface area contributed by atoms with Crippen molar-refractivity contribution in [2.45, 2.75) is 12.6 Å². The molecule has 0 aliphatic carbocycles. The van der Waals surface area contributed by atoms with Gasteiger partial charge in [-0.05, 0) is 18.9 Å². The van der Waals surface area contributed by atoms with Crippen molar-refractivity contribution in [3.8, 4) is 0 Å². The van der Waals surface area contributed by atoms with Crippen LogP contribution in [0, 0.1) is 0 Å². The molecule has 0 fully saturated rings. The number of benzene rings is 1. The lowest BCUT2D eigenvalue weighted by Crippen LogP contribution is -2.37. The second-order valence-electron chi connectivity index (χ2n) is 3.39. The van der Waals surface area contributed by atoms with E-state index in [4.69, 9.17) is 4.74 Å². The van der Waals surface area contributed by atoms with Crippen LogP contribution in [0.1, 0.15) is 5.56 Å². The van der Waals surface area contributed by atoms with Crippen LogP contribution < -0.4 is 5.32 Å². The standard InChI is InChI=1S/C12H17NO2S/c1-13-11(9-16-2)12(14)15-8-10-6-4-3-5-7-10/h3-7,11,13H,8-9H2,1-2H3/t11-/m0/s1. The molecule has 88 valence electrons. The van der Waals surface area contributed by atoms with Crippen molar-refractivity contribution < 1.29 is 9.53 Å². The van der Waals surface area contributed by atoms with Gasteiger partial charge in [-0.2, -0.15) is 11.8 Å². The Labute approximate surface area is 101 Å². The number of hydrogen-bond donors (Lipinski definition) is 1. The summed E-state index contributed by atoms with van der Waals surface area (Å²) in [5, 5.41) is 2.94. The number of nitrogens with one attached hydrogen (secondary N) is 1. The normalized spacial score (nSPS) is 12.1. The van der Waals surface area contributed by atoms with Crippen LogP contribution in [0.5, 0.6) is 0 Å². The first kappa shape index (κ1) is 13.1. The van der Waals surface area contributed by atoms with Crippen LogP contribution in [0.3, 0.4) is 0 Å². The molecule has 0 bridgehead atoms. The van der Waals surface area contributed by atoms with E-state index in [0.717, 1.165) is 11.3 Å². The first-order valence-corrected chi connectivity index (χ1v) is 6.54. The van der Waals surface area contributed by atoms with Gasteiger partial charge in [0.2, 0.25) is 0 Å². The minimum atomic E-state index is -0.223. The van der Waals surface area contributed by atoms with Gasteiger partial charge in [-0.1, -0.05) is 30.3 Å². The average molecular weight is 239 g/mol. The van der Waals surface area contributed by atoms with E-state index >= 15 is 0 Å². The Balaban J connectivity index is 2.40. The second kappa shape index (κ2) is 7.30. The van der Waals surface area contributed by atoms with Crippen molar-refractivity contribution in [1.82, 2.24) is 5.32 Å². The summed E-state index contributed by atoms with van der Waals surface area (Å²) in [6, 6.07) is 9.46. The van der Waals surface area contributed by atoms with Gasteiger partial charge in [0.25, 0.3) is 0 Å². The molecular weight excluding hydrogens is 222 g/mol. The summed E-state index contributed by atoms with van der Waals surface area (Å²) in [5.41, 5.74) is 1.01. The highest BCUT2D eigenvalue weighted by Gasteiger charge is 2.16. The molecule has 16 heavy (non-hydrogen) atoms. The van der Waals surface area contributed by atoms with Crippen LogP contribution in [0.2, 0.25) is 0 Å². The van der Waals surface area contributed by atoms with Gasteiger partial charge < -0.3 is 10.1 Å². The van der Waals surface area contributed by atoms with Crippen LogP contribution in [0.15, 0.2) is 30.3 Å². The highest BCUT2D eigenvalue weighted by Crippen LogP contribution is 2.04. The Morgan fingerprint density at radius 2 is 2.12 bits per heavy atom. The zero-order valence-electron chi connectivity index (χ0n) is 9.60. The number of carbonyl (C=O) groups is 1. The van der Waals surface area contributed by atoms with E-state index in [1.165, 1.54) is 0 Å². The zero-order chi connectivity index (χ0) is 11.8. The number of likely N-dealkylation sites (N-methyl/N-ethyl adjacent to an activating group) is 1. The molecule has 3 nitrogen and oxygen atoms in total. The monoisotopic (exact) mass is 239 g/mol. The lowest BCUT2D eigenvalue weighted by molar-refractivity contribution is -0.146. The van der Waals surface area contributed by atoms with Gasteiger partial charge in [-0.25, -0.2) is 0 Å². The first-order valence-electron chi connectivity index (χ1n) is 5.14. The van der Waals surface area contributed by atoms with E-state index < -0.39 is 0 Å². The highest BCUT2D eigenvalue weighted by atomic mass is 32.2. The summed E-state index contributed by atoms with van der Waals surface area (Å²) in [6.07, 6.45) is 1.97. The topological polar surface area (TPSA) is 38.3 Å². The van der Waals surface area contributed by atoms with E-state index in [2.05, 4.69) is 5.32 Å².